The summed E-state index contributed by atoms with van der Waals surface area (Å²) >= 11 is 13.4. The first-order valence-electron chi connectivity index (χ1n) is 6.58. The van der Waals surface area contributed by atoms with Gasteiger partial charge in [-0.1, -0.05) is 35.3 Å². The molecule has 0 amide bonds. The molecule has 0 saturated carbocycles. The van der Waals surface area contributed by atoms with Gasteiger partial charge in [-0.05, 0) is 49.4 Å². The average molecular weight is 344 g/mol. The topological polar surface area (TPSA) is 12.0 Å². The van der Waals surface area contributed by atoms with Crippen molar-refractivity contribution in [3.63, 3.8) is 0 Å². The zero-order chi connectivity index (χ0) is 15.2. The van der Waals surface area contributed by atoms with E-state index in [9.17, 15) is 4.39 Å². The number of thioether (sulfide) groups is 1. The summed E-state index contributed by atoms with van der Waals surface area (Å²) in [6, 6.07) is 13.0. The van der Waals surface area contributed by atoms with E-state index in [-0.39, 0.29) is 16.9 Å². The van der Waals surface area contributed by atoms with Crippen molar-refractivity contribution in [2.75, 3.05) is 12.8 Å². The fraction of sp³-hybridized carbons (Fsp3) is 0.250. The predicted octanol–water partition coefficient (Wildman–Crippen LogP) is 5.06. The van der Waals surface area contributed by atoms with Gasteiger partial charge in [-0.2, -0.15) is 0 Å². The second-order valence-corrected chi connectivity index (χ2v) is 6.64. The first-order valence-corrected chi connectivity index (χ1v) is 8.32. The molecule has 2 aromatic carbocycles. The standard InChI is InChI=1S/C16H16Cl2FNS/c1-20-13(7-11-5-6-15(18)16(19)8-11)10-21-14-4-2-3-12(17)9-14/h2-6,8-9,13,20H,7,10H2,1H3. The second-order valence-electron chi connectivity index (χ2n) is 4.71. The van der Waals surface area contributed by atoms with Crippen LogP contribution in [0.4, 0.5) is 4.39 Å². The highest BCUT2D eigenvalue weighted by molar-refractivity contribution is 7.99. The summed E-state index contributed by atoms with van der Waals surface area (Å²) in [5.41, 5.74) is 0.933. The van der Waals surface area contributed by atoms with Gasteiger partial charge in [0.15, 0.2) is 0 Å². The van der Waals surface area contributed by atoms with Gasteiger partial charge in [0.05, 0.1) is 5.02 Å². The van der Waals surface area contributed by atoms with E-state index in [1.165, 1.54) is 6.07 Å². The van der Waals surface area contributed by atoms with Crippen LogP contribution in [0.3, 0.4) is 0 Å². The summed E-state index contributed by atoms with van der Waals surface area (Å²) in [6.45, 7) is 0. The first-order chi connectivity index (χ1) is 10.1. The van der Waals surface area contributed by atoms with Gasteiger partial charge < -0.3 is 5.32 Å². The van der Waals surface area contributed by atoms with E-state index < -0.39 is 0 Å². The van der Waals surface area contributed by atoms with Crippen molar-refractivity contribution in [3.8, 4) is 0 Å². The lowest BCUT2D eigenvalue weighted by atomic mass is 10.1. The zero-order valence-corrected chi connectivity index (χ0v) is 13.9. The molecule has 5 heteroatoms. The van der Waals surface area contributed by atoms with Crippen LogP contribution in [0.2, 0.25) is 10.0 Å². The van der Waals surface area contributed by atoms with Crippen LogP contribution in [0.5, 0.6) is 0 Å². The molecular formula is C16H16Cl2FNS. The Kier molecular flexibility index (Phi) is 6.37. The summed E-state index contributed by atoms with van der Waals surface area (Å²) in [7, 11) is 1.91. The van der Waals surface area contributed by atoms with Crippen molar-refractivity contribution >= 4 is 35.0 Å². The van der Waals surface area contributed by atoms with Crippen molar-refractivity contribution < 1.29 is 4.39 Å². The number of nitrogens with one attached hydrogen (secondary N) is 1. The molecular weight excluding hydrogens is 328 g/mol. The molecule has 0 aromatic heterocycles. The second kappa shape index (κ2) is 8.04. The number of halogens is 3. The van der Waals surface area contributed by atoms with Crippen LogP contribution in [0, 0.1) is 5.82 Å². The monoisotopic (exact) mass is 343 g/mol. The molecule has 2 rings (SSSR count). The highest BCUT2D eigenvalue weighted by atomic mass is 35.5. The minimum atomic E-state index is -0.369. The van der Waals surface area contributed by atoms with Crippen molar-refractivity contribution in [2.45, 2.75) is 17.4 Å². The van der Waals surface area contributed by atoms with Gasteiger partial charge in [-0.15, -0.1) is 11.8 Å². The Morgan fingerprint density at radius 3 is 2.67 bits per heavy atom. The van der Waals surface area contributed by atoms with Crippen molar-refractivity contribution in [3.05, 3.63) is 63.9 Å². The van der Waals surface area contributed by atoms with Crippen LogP contribution in [0.25, 0.3) is 0 Å². The van der Waals surface area contributed by atoms with Gasteiger partial charge in [0.1, 0.15) is 5.82 Å². The smallest absolute Gasteiger partial charge is 0.142 e. The molecule has 2 aromatic rings. The van der Waals surface area contributed by atoms with E-state index in [1.54, 1.807) is 17.8 Å². The first kappa shape index (κ1) is 16.6. The lowest BCUT2D eigenvalue weighted by Gasteiger charge is -2.16. The third-order valence-corrected chi connectivity index (χ3v) is 4.82. The molecule has 1 nitrogen and oxygen atoms in total. The number of benzene rings is 2. The fourth-order valence-corrected chi connectivity index (χ4v) is 3.38. The molecule has 0 aliphatic carbocycles. The molecule has 0 aliphatic rings. The van der Waals surface area contributed by atoms with Gasteiger partial charge in [-0.3, -0.25) is 0 Å². The van der Waals surface area contributed by atoms with E-state index in [1.807, 2.05) is 37.4 Å². The summed E-state index contributed by atoms with van der Waals surface area (Å²) in [4.78, 5) is 1.13. The molecule has 0 bridgehead atoms. The summed E-state index contributed by atoms with van der Waals surface area (Å²) in [5.74, 6) is 0.507. The van der Waals surface area contributed by atoms with E-state index in [0.717, 1.165) is 27.7 Å². The highest BCUT2D eigenvalue weighted by Crippen LogP contribution is 2.23. The van der Waals surface area contributed by atoms with E-state index in [4.69, 9.17) is 23.2 Å². The SMILES string of the molecule is CNC(CSc1cccc(Cl)c1)Cc1ccc(Cl)c(F)c1. The summed E-state index contributed by atoms with van der Waals surface area (Å²) in [6.07, 6.45) is 0.748. The minimum Gasteiger partial charge on any atom is -0.316 e. The largest absolute Gasteiger partial charge is 0.316 e. The Hall–Kier alpha value is -0.740. The van der Waals surface area contributed by atoms with Crippen molar-refractivity contribution in [1.82, 2.24) is 5.32 Å². The maximum Gasteiger partial charge on any atom is 0.142 e. The van der Waals surface area contributed by atoms with Crippen LogP contribution in [-0.2, 0) is 6.42 Å². The lowest BCUT2D eigenvalue weighted by molar-refractivity contribution is 0.603. The van der Waals surface area contributed by atoms with Crippen LogP contribution in [0.15, 0.2) is 47.4 Å². The number of likely N-dealkylation sites (N-methyl/N-ethyl adjacent to an activating group) is 1. The minimum absolute atomic E-state index is 0.160. The molecule has 0 saturated heterocycles. The Labute approximate surface area is 138 Å². The highest BCUT2D eigenvalue weighted by Gasteiger charge is 2.10. The lowest BCUT2D eigenvalue weighted by Crippen LogP contribution is -2.30. The van der Waals surface area contributed by atoms with Crippen molar-refractivity contribution in [2.24, 2.45) is 0 Å². The maximum absolute atomic E-state index is 13.5. The Morgan fingerprint density at radius 1 is 1.19 bits per heavy atom. The summed E-state index contributed by atoms with van der Waals surface area (Å²) < 4.78 is 13.5. The zero-order valence-electron chi connectivity index (χ0n) is 11.6. The van der Waals surface area contributed by atoms with E-state index in [2.05, 4.69) is 5.32 Å². The third kappa shape index (κ3) is 5.19. The van der Waals surface area contributed by atoms with Gasteiger partial charge >= 0.3 is 0 Å². The van der Waals surface area contributed by atoms with Crippen LogP contribution in [0.1, 0.15) is 5.56 Å². The maximum atomic E-state index is 13.5. The van der Waals surface area contributed by atoms with Gasteiger partial charge in [-0.25, -0.2) is 4.39 Å². The van der Waals surface area contributed by atoms with Crippen LogP contribution >= 0.6 is 35.0 Å². The molecule has 0 heterocycles. The number of rotatable bonds is 6. The molecule has 0 fully saturated rings. The molecule has 0 radical (unpaired) electrons. The molecule has 21 heavy (non-hydrogen) atoms. The molecule has 0 aliphatic heterocycles. The normalized spacial score (nSPS) is 12.4. The molecule has 1 atom stereocenters. The average Bonchev–Trinajstić information content (AvgIpc) is 2.47. The van der Waals surface area contributed by atoms with Gasteiger partial charge in [0.25, 0.3) is 0 Å². The van der Waals surface area contributed by atoms with Crippen molar-refractivity contribution in [1.29, 1.82) is 0 Å². The molecule has 112 valence electrons. The molecule has 1 N–H and O–H groups in total. The van der Waals surface area contributed by atoms with Crippen LogP contribution < -0.4 is 5.32 Å². The number of hydrogen-bond acceptors (Lipinski definition) is 2. The van der Waals surface area contributed by atoms with E-state index in [0.29, 0.717) is 0 Å². The Morgan fingerprint density at radius 2 is 2.00 bits per heavy atom. The van der Waals surface area contributed by atoms with Gasteiger partial charge in [0.2, 0.25) is 0 Å². The quantitative estimate of drug-likeness (QED) is 0.736. The van der Waals surface area contributed by atoms with E-state index >= 15 is 0 Å². The predicted molar refractivity (Wildman–Crippen MR) is 90.1 cm³/mol. The molecule has 0 spiro atoms. The van der Waals surface area contributed by atoms with Gasteiger partial charge in [0, 0.05) is 21.7 Å². The van der Waals surface area contributed by atoms with Crippen LogP contribution in [-0.4, -0.2) is 18.8 Å². The number of hydrogen-bond donors (Lipinski definition) is 1. The Balaban J connectivity index is 1.95. The third-order valence-electron chi connectivity index (χ3n) is 3.12. The fourth-order valence-electron chi connectivity index (χ4n) is 1.95. The summed E-state index contributed by atoms with van der Waals surface area (Å²) in [5, 5.41) is 4.16. The molecule has 1 unspecified atom stereocenters. The Bertz CT molecular complexity index is 607.